The summed E-state index contributed by atoms with van der Waals surface area (Å²) in [5.74, 6) is 0.372. The van der Waals surface area contributed by atoms with E-state index in [0.717, 1.165) is 0 Å². The first-order valence-corrected chi connectivity index (χ1v) is 7.12. The summed E-state index contributed by atoms with van der Waals surface area (Å²) in [6.07, 6.45) is 0. The zero-order chi connectivity index (χ0) is 18.1. The van der Waals surface area contributed by atoms with E-state index in [9.17, 15) is 20.2 Å². The van der Waals surface area contributed by atoms with Crippen LogP contribution in [-0.4, -0.2) is 29.8 Å². The van der Waals surface area contributed by atoms with Crippen LogP contribution in [0.1, 0.15) is 17.3 Å². The van der Waals surface area contributed by atoms with Crippen LogP contribution in [0.5, 0.6) is 0 Å². The number of hydrogen-bond acceptors (Lipinski definition) is 8. The highest BCUT2D eigenvalue weighted by atomic mass is 16.6. The minimum atomic E-state index is -0.514. The van der Waals surface area contributed by atoms with E-state index in [1.165, 1.54) is 22.9 Å². The van der Waals surface area contributed by atoms with Crippen molar-refractivity contribution in [1.82, 2.24) is 19.9 Å². The van der Waals surface area contributed by atoms with E-state index in [2.05, 4.69) is 15.2 Å². The van der Waals surface area contributed by atoms with Crippen LogP contribution in [0.3, 0.4) is 0 Å². The lowest BCUT2D eigenvalue weighted by Gasteiger charge is -1.98. The highest BCUT2D eigenvalue weighted by molar-refractivity contribution is 5.58. The number of hydrogen-bond donors (Lipinski definition) is 0. The molecule has 0 spiro atoms. The standard InChI is InChI=1S/C14H12N6O5/c1-8-13(20(23)24)9(2)18(16-8)7-12-15-14(17-25-12)10-4-3-5-11(6-10)19(21)22/h3-6H,7H2,1-2H3. The molecular weight excluding hydrogens is 332 g/mol. The van der Waals surface area contributed by atoms with Crippen LogP contribution in [0, 0.1) is 34.1 Å². The lowest BCUT2D eigenvalue weighted by atomic mass is 10.2. The molecule has 0 atom stereocenters. The molecule has 128 valence electrons. The van der Waals surface area contributed by atoms with Crippen LogP contribution in [-0.2, 0) is 6.54 Å². The normalized spacial score (nSPS) is 10.8. The quantitative estimate of drug-likeness (QED) is 0.507. The van der Waals surface area contributed by atoms with E-state index in [4.69, 9.17) is 4.52 Å². The van der Waals surface area contributed by atoms with Crippen molar-refractivity contribution in [3.63, 3.8) is 0 Å². The van der Waals surface area contributed by atoms with Crippen molar-refractivity contribution in [3.05, 3.63) is 61.8 Å². The van der Waals surface area contributed by atoms with Crippen molar-refractivity contribution in [2.75, 3.05) is 0 Å². The fourth-order valence-corrected chi connectivity index (χ4v) is 2.43. The van der Waals surface area contributed by atoms with E-state index >= 15 is 0 Å². The summed E-state index contributed by atoms with van der Waals surface area (Å²) in [4.78, 5) is 25.0. The molecule has 0 amide bonds. The minimum Gasteiger partial charge on any atom is -0.337 e. The molecule has 3 rings (SSSR count). The Morgan fingerprint density at radius 2 is 1.96 bits per heavy atom. The van der Waals surface area contributed by atoms with Gasteiger partial charge < -0.3 is 4.52 Å². The zero-order valence-corrected chi connectivity index (χ0v) is 13.2. The number of benzene rings is 1. The molecule has 25 heavy (non-hydrogen) atoms. The molecule has 0 aliphatic heterocycles. The van der Waals surface area contributed by atoms with Crippen molar-refractivity contribution in [1.29, 1.82) is 0 Å². The molecule has 0 saturated carbocycles. The van der Waals surface area contributed by atoms with Gasteiger partial charge in [-0.05, 0) is 13.8 Å². The molecule has 11 heteroatoms. The van der Waals surface area contributed by atoms with Gasteiger partial charge in [0.05, 0.1) is 9.85 Å². The number of rotatable bonds is 5. The average molecular weight is 344 g/mol. The molecule has 0 bridgehead atoms. The van der Waals surface area contributed by atoms with Gasteiger partial charge in [-0.1, -0.05) is 17.3 Å². The van der Waals surface area contributed by atoms with Gasteiger partial charge in [-0.3, -0.25) is 24.9 Å². The molecule has 0 aliphatic carbocycles. The van der Waals surface area contributed by atoms with Gasteiger partial charge in [0.15, 0.2) is 0 Å². The first-order chi connectivity index (χ1) is 11.9. The second-order valence-corrected chi connectivity index (χ2v) is 5.25. The molecular formula is C14H12N6O5. The molecule has 0 aliphatic rings. The fourth-order valence-electron chi connectivity index (χ4n) is 2.43. The van der Waals surface area contributed by atoms with Gasteiger partial charge in [-0.25, -0.2) is 0 Å². The Morgan fingerprint density at radius 1 is 1.20 bits per heavy atom. The molecule has 2 heterocycles. The maximum absolute atomic E-state index is 11.0. The van der Waals surface area contributed by atoms with Crippen LogP contribution in [0.4, 0.5) is 11.4 Å². The summed E-state index contributed by atoms with van der Waals surface area (Å²) < 4.78 is 6.53. The first kappa shape index (κ1) is 16.2. The third kappa shape index (κ3) is 3.06. The lowest BCUT2D eigenvalue weighted by Crippen LogP contribution is -2.04. The number of nitro groups is 2. The van der Waals surface area contributed by atoms with Crippen molar-refractivity contribution >= 4 is 11.4 Å². The molecule has 0 unspecified atom stereocenters. The largest absolute Gasteiger partial charge is 0.337 e. The van der Waals surface area contributed by atoms with Crippen LogP contribution >= 0.6 is 0 Å². The highest BCUT2D eigenvalue weighted by Crippen LogP contribution is 2.24. The topological polar surface area (TPSA) is 143 Å². The summed E-state index contributed by atoms with van der Waals surface area (Å²) in [6.45, 7) is 3.18. The van der Waals surface area contributed by atoms with Crippen molar-refractivity contribution in [2.24, 2.45) is 0 Å². The second-order valence-electron chi connectivity index (χ2n) is 5.25. The third-order valence-electron chi connectivity index (χ3n) is 3.59. The Labute approximate surface area is 140 Å². The number of aromatic nitrogens is 4. The molecule has 0 radical (unpaired) electrons. The maximum Gasteiger partial charge on any atom is 0.312 e. The number of aryl methyl sites for hydroxylation is 1. The van der Waals surface area contributed by atoms with E-state index in [-0.39, 0.29) is 29.6 Å². The minimum absolute atomic E-state index is 0.0570. The van der Waals surface area contributed by atoms with Gasteiger partial charge in [-0.15, -0.1) is 0 Å². The molecule has 2 aromatic heterocycles. The predicted molar refractivity (Wildman–Crippen MR) is 83.8 cm³/mol. The summed E-state index contributed by atoms with van der Waals surface area (Å²) in [7, 11) is 0. The third-order valence-corrected chi connectivity index (χ3v) is 3.59. The Bertz CT molecular complexity index is 976. The lowest BCUT2D eigenvalue weighted by molar-refractivity contribution is -0.386. The maximum atomic E-state index is 11.0. The Morgan fingerprint density at radius 3 is 2.60 bits per heavy atom. The van der Waals surface area contributed by atoms with Gasteiger partial charge in [0.25, 0.3) is 5.69 Å². The molecule has 3 aromatic rings. The second kappa shape index (κ2) is 6.11. The Balaban J connectivity index is 1.88. The van der Waals surface area contributed by atoms with E-state index in [1.54, 1.807) is 19.9 Å². The van der Waals surface area contributed by atoms with Gasteiger partial charge in [0, 0.05) is 17.7 Å². The molecule has 0 N–H and O–H groups in total. The summed E-state index contributed by atoms with van der Waals surface area (Å²) in [5.41, 5.74) is 0.957. The summed E-state index contributed by atoms with van der Waals surface area (Å²) in [6, 6.07) is 5.84. The number of non-ortho nitro benzene ring substituents is 1. The monoisotopic (exact) mass is 344 g/mol. The van der Waals surface area contributed by atoms with Crippen LogP contribution in [0.2, 0.25) is 0 Å². The van der Waals surface area contributed by atoms with E-state index in [0.29, 0.717) is 17.0 Å². The Kier molecular flexibility index (Phi) is 3.97. The molecule has 0 saturated heterocycles. The Hall–Kier alpha value is -3.63. The van der Waals surface area contributed by atoms with E-state index in [1.807, 2.05) is 0 Å². The molecule has 11 nitrogen and oxygen atoms in total. The van der Waals surface area contributed by atoms with Gasteiger partial charge in [0.1, 0.15) is 17.9 Å². The molecule has 0 fully saturated rings. The SMILES string of the molecule is Cc1nn(Cc2nc(-c3cccc([N+](=O)[O-])c3)no2)c(C)c1[N+](=O)[O-]. The average Bonchev–Trinajstić information content (AvgIpc) is 3.13. The van der Waals surface area contributed by atoms with Crippen LogP contribution < -0.4 is 0 Å². The highest BCUT2D eigenvalue weighted by Gasteiger charge is 2.23. The smallest absolute Gasteiger partial charge is 0.312 e. The first-order valence-electron chi connectivity index (χ1n) is 7.12. The number of nitrogens with zero attached hydrogens (tertiary/aromatic N) is 6. The zero-order valence-electron chi connectivity index (χ0n) is 13.2. The van der Waals surface area contributed by atoms with Crippen LogP contribution in [0.25, 0.3) is 11.4 Å². The van der Waals surface area contributed by atoms with Crippen molar-refractivity contribution in [3.8, 4) is 11.4 Å². The molecule has 1 aromatic carbocycles. The number of nitro benzene ring substituents is 1. The van der Waals surface area contributed by atoms with Gasteiger partial charge >= 0.3 is 5.69 Å². The summed E-state index contributed by atoms with van der Waals surface area (Å²) in [5, 5.41) is 29.8. The van der Waals surface area contributed by atoms with Gasteiger partial charge in [0.2, 0.25) is 11.7 Å². The fraction of sp³-hybridized carbons (Fsp3) is 0.214. The summed E-state index contributed by atoms with van der Waals surface area (Å²) >= 11 is 0. The predicted octanol–water partition coefficient (Wildman–Crippen LogP) is 2.41. The van der Waals surface area contributed by atoms with Crippen molar-refractivity contribution in [2.45, 2.75) is 20.4 Å². The van der Waals surface area contributed by atoms with Gasteiger partial charge in [-0.2, -0.15) is 10.1 Å². The van der Waals surface area contributed by atoms with E-state index < -0.39 is 9.85 Å². The van der Waals surface area contributed by atoms with Crippen LogP contribution in [0.15, 0.2) is 28.8 Å². The van der Waals surface area contributed by atoms with Crippen molar-refractivity contribution < 1.29 is 14.4 Å².